The number of hydrogen-bond acceptors (Lipinski definition) is 5. The van der Waals surface area contributed by atoms with Gasteiger partial charge in [0.2, 0.25) is 0 Å². The van der Waals surface area contributed by atoms with Gasteiger partial charge in [0.1, 0.15) is 4.21 Å². The molecule has 0 bridgehead atoms. The molecule has 0 radical (unpaired) electrons. The van der Waals surface area contributed by atoms with E-state index in [9.17, 15) is 8.42 Å². The number of thioether (sulfide) groups is 1. The Bertz CT molecular complexity index is 499. The molecule has 4 nitrogen and oxygen atoms in total. The molecule has 1 aromatic rings. The number of sulfonamides is 1. The first-order valence-electron chi connectivity index (χ1n) is 6.73. The van der Waals surface area contributed by atoms with Crippen molar-refractivity contribution in [2.75, 3.05) is 25.6 Å². The van der Waals surface area contributed by atoms with Crippen LogP contribution in [0.4, 0.5) is 0 Å². The summed E-state index contributed by atoms with van der Waals surface area (Å²) >= 11 is 3.03. The molecular formula is C13H24N2O2S3. The van der Waals surface area contributed by atoms with Crippen LogP contribution in [0.1, 0.15) is 25.1 Å². The van der Waals surface area contributed by atoms with Crippen LogP contribution < -0.4 is 5.32 Å². The minimum Gasteiger partial charge on any atom is -0.312 e. The van der Waals surface area contributed by atoms with E-state index in [0.717, 1.165) is 30.1 Å². The van der Waals surface area contributed by atoms with Crippen LogP contribution in [-0.4, -0.2) is 44.4 Å². The Hall–Kier alpha value is -0.0800. The molecule has 0 spiro atoms. The quantitative estimate of drug-likeness (QED) is 0.753. The van der Waals surface area contributed by atoms with Crippen molar-refractivity contribution in [3.8, 4) is 0 Å². The summed E-state index contributed by atoms with van der Waals surface area (Å²) in [5.41, 5.74) is 0. The second-order valence-electron chi connectivity index (χ2n) is 4.54. The molecule has 1 heterocycles. The largest absolute Gasteiger partial charge is 0.312 e. The molecule has 0 saturated heterocycles. The normalized spacial score (nSPS) is 13.8. The van der Waals surface area contributed by atoms with Crippen LogP contribution in [0.25, 0.3) is 0 Å². The van der Waals surface area contributed by atoms with E-state index < -0.39 is 10.0 Å². The third-order valence-electron chi connectivity index (χ3n) is 3.16. The lowest BCUT2D eigenvalue weighted by Crippen LogP contribution is -2.37. The molecule has 0 aliphatic carbocycles. The molecular weight excluding hydrogens is 312 g/mol. The highest BCUT2D eigenvalue weighted by Gasteiger charge is 2.28. The van der Waals surface area contributed by atoms with Crippen LogP contribution in [0.3, 0.4) is 0 Å². The number of rotatable bonds is 9. The highest BCUT2D eigenvalue weighted by molar-refractivity contribution is 7.98. The predicted molar refractivity (Wildman–Crippen MR) is 89.1 cm³/mol. The first kappa shape index (κ1) is 18.0. The number of nitrogens with one attached hydrogen (secondary N) is 1. The predicted octanol–water partition coefficient (Wildman–Crippen LogP) is 2.62. The average Bonchev–Trinajstić information content (AvgIpc) is 2.91. The van der Waals surface area contributed by atoms with E-state index in [0.29, 0.717) is 4.21 Å². The SMILES string of the molecule is CCNCc1ccc(S(=O)(=O)N(C)C(CC)CSC)s1. The molecule has 1 unspecified atom stereocenters. The van der Waals surface area contributed by atoms with E-state index in [4.69, 9.17) is 0 Å². The molecule has 0 amide bonds. The topological polar surface area (TPSA) is 49.4 Å². The number of thiophene rings is 1. The van der Waals surface area contributed by atoms with Crippen LogP contribution in [0.15, 0.2) is 16.3 Å². The van der Waals surface area contributed by atoms with Crippen LogP contribution >= 0.6 is 23.1 Å². The molecule has 1 N–H and O–H groups in total. The summed E-state index contributed by atoms with van der Waals surface area (Å²) in [6.07, 6.45) is 2.83. The van der Waals surface area contributed by atoms with Crippen molar-refractivity contribution in [1.29, 1.82) is 0 Å². The van der Waals surface area contributed by atoms with Gasteiger partial charge < -0.3 is 5.32 Å². The standard InChI is InChI=1S/C13H24N2O2S3/c1-5-11(10-18-4)15(3)20(16,17)13-8-7-12(19-13)9-14-6-2/h7-8,11,14H,5-6,9-10H2,1-4H3. The third-order valence-corrected chi connectivity index (χ3v) is 7.34. The van der Waals surface area contributed by atoms with Gasteiger partial charge in [0, 0.05) is 30.3 Å². The molecule has 116 valence electrons. The van der Waals surface area contributed by atoms with E-state index in [1.165, 1.54) is 15.6 Å². The second kappa shape index (κ2) is 8.38. The van der Waals surface area contributed by atoms with Gasteiger partial charge >= 0.3 is 0 Å². The molecule has 1 rings (SSSR count). The van der Waals surface area contributed by atoms with Crippen molar-refractivity contribution in [2.24, 2.45) is 0 Å². The van der Waals surface area contributed by atoms with Gasteiger partial charge in [-0.1, -0.05) is 13.8 Å². The maximum absolute atomic E-state index is 12.6. The Morgan fingerprint density at radius 1 is 1.40 bits per heavy atom. The second-order valence-corrected chi connectivity index (χ2v) is 8.84. The molecule has 0 aliphatic heterocycles. The van der Waals surface area contributed by atoms with Gasteiger partial charge in [0.25, 0.3) is 10.0 Å². The van der Waals surface area contributed by atoms with E-state index in [2.05, 4.69) is 5.32 Å². The first-order valence-corrected chi connectivity index (χ1v) is 10.4. The van der Waals surface area contributed by atoms with E-state index in [1.54, 1.807) is 24.9 Å². The van der Waals surface area contributed by atoms with E-state index in [1.807, 2.05) is 26.2 Å². The minimum atomic E-state index is -3.37. The Labute approximate surface area is 131 Å². The average molecular weight is 337 g/mol. The van der Waals surface area contributed by atoms with Crippen molar-refractivity contribution < 1.29 is 8.42 Å². The Kier molecular flexibility index (Phi) is 7.53. The zero-order chi connectivity index (χ0) is 15.2. The summed E-state index contributed by atoms with van der Waals surface area (Å²) < 4.78 is 27.2. The Morgan fingerprint density at radius 3 is 2.65 bits per heavy atom. The van der Waals surface area contributed by atoms with Crippen LogP contribution in [0.5, 0.6) is 0 Å². The summed E-state index contributed by atoms with van der Waals surface area (Å²) in [7, 11) is -1.68. The maximum Gasteiger partial charge on any atom is 0.252 e. The highest BCUT2D eigenvalue weighted by Crippen LogP contribution is 2.26. The van der Waals surface area contributed by atoms with Gasteiger partial charge in [-0.25, -0.2) is 8.42 Å². The van der Waals surface area contributed by atoms with Crippen molar-refractivity contribution in [1.82, 2.24) is 9.62 Å². The monoisotopic (exact) mass is 336 g/mol. The molecule has 0 aliphatic rings. The zero-order valence-electron chi connectivity index (χ0n) is 12.5. The molecule has 0 fully saturated rings. The summed E-state index contributed by atoms with van der Waals surface area (Å²) in [5.74, 6) is 0.821. The summed E-state index contributed by atoms with van der Waals surface area (Å²) in [4.78, 5) is 1.05. The molecule has 7 heteroatoms. The lowest BCUT2D eigenvalue weighted by molar-refractivity contribution is 0.386. The van der Waals surface area contributed by atoms with Crippen LogP contribution in [-0.2, 0) is 16.6 Å². The minimum absolute atomic E-state index is 0.0503. The van der Waals surface area contributed by atoms with Gasteiger partial charge in [0.05, 0.1) is 0 Å². The van der Waals surface area contributed by atoms with Gasteiger partial charge in [-0.2, -0.15) is 16.1 Å². The van der Waals surface area contributed by atoms with Gasteiger partial charge in [-0.05, 0) is 31.4 Å². The first-order chi connectivity index (χ1) is 9.47. The number of nitrogens with zero attached hydrogens (tertiary/aromatic N) is 1. The van der Waals surface area contributed by atoms with E-state index >= 15 is 0 Å². The molecule has 1 atom stereocenters. The Balaban J connectivity index is 2.89. The van der Waals surface area contributed by atoms with Crippen molar-refractivity contribution in [3.63, 3.8) is 0 Å². The lowest BCUT2D eigenvalue weighted by Gasteiger charge is -2.25. The molecule has 1 aromatic heterocycles. The third kappa shape index (κ3) is 4.46. The van der Waals surface area contributed by atoms with Crippen molar-refractivity contribution in [3.05, 3.63) is 17.0 Å². The Morgan fingerprint density at radius 2 is 2.10 bits per heavy atom. The molecule has 0 aromatic carbocycles. The zero-order valence-corrected chi connectivity index (χ0v) is 15.0. The fraction of sp³-hybridized carbons (Fsp3) is 0.692. The lowest BCUT2D eigenvalue weighted by atomic mass is 10.3. The fourth-order valence-corrected chi connectivity index (χ4v) is 5.73. The van der Waals surface area contributed by atoms with Gasteiger partial charge in [0.15, 0.2) is 0 Å². The summed E-state index contributed by atoms with van der Waals surface area (Å²) in [6.45, 7) is 5.67. The van der Waals surface area contributed by atoms with Crippen LogP contribution in [0, 0.1) is 0 Å². The summed E-state index contributed by atoms with van der Waals surface area (Å²) in [6, 6.07) is 3.66. The van der Waals surface area contributed by atoms with Crippen molar-refractivity contribution in [2.45, 2.75) is 37.1 Å². The molecule has 20 heavy (non-hydrogen) atoms. The van der Waals surface area contributed by atoms with E-state index in [-0.39, 0.29) is 6.04 Å². The summed E-state index contributed by atoms with van der Waals surface area (Å²) in [5, 5.41) is 3.21. The molecule has 0 saturated carbocycles. The maximum atomic E-state index is 12.6. The van der Waals surface area contributed by atoms with Crippen LogP contribution in [0.2, 0.25) is 0 Å². The van der Waals surface area contributed by atoms with Crippen molar-refractivity contribution >= 4 is 33.1 Å². The fourth-order valence-electron chi connectivity index (χ4n) is 1.85. The van der Waals surface area contributed by atoms with Gasteiger partial charge in [-0.3, -0.25) is 0 Å². The number of hydrogen-bond donors (Lipinski definition) is 1. The van der Waals surface area contributed by atoms with Gasteiger partial charge in [-0.15, -0.1) is 11.3 Å². The smallest absolute Gasteiger partial charge is 0.252 e. The highest BCUT2D eigenvalue weighted by atomic mass is 32.2.